The van der Waals surface area contributed by atoms with Gasteiger partial charge in [0, 0.05) is 23.2 Å². The molecule has 0 saturated heterocycles. The number of nitrogens with zero attached hydrogens (tertiary/aromatic N) is 2. The van der Waals surface area contributed by atoms with Gasteiger partial charge < -0.3 is 10.1 Å². The van der Waals surface area contributed by atoms with Crippen molar-refractivity contribution in [2.75, 3.05) is 5.32 Å². The zero-order valence-corrected chi connectivity index (χ0v) is 20.8. The number of rotatable bonds is 6. The second-order valence-electron chi connectivity index (χ2n) is 8.60. The van der Waals surface area contributed by atoms with Crippen molar-refractivity contribution in [2.45, 2.75) is 33.6 Å². The number of carbonyl (C=O) groups excluding carboxylic acids is 2. The van der Waals surface area contributed by atoms with Crippen LogP contribution in [0.5, 0.6) is 5.88 Å². The summed E-state index contributed by atoms with van der Waals surface area (Å²) in [5, 5.41) is 8.28. The lowest BCUT2D eigenvalue weighted by atomic mass is 9.99. The minimum atomic E-state index is -0.429. The molecule has 1 heterocycles. The maximum absolute atomic E-state index is 12.6. The zero-order valence-electron chi connectivity index (χ0n) is 20.0. The molecule has 0 fully saturated rings. The number of hydrogen-bond donors (Lipinski definition) is 1. The summed E-state index contributed by atoms with van der Waals surface area (Å²) in [5.74, 6) is -0.218. The zero-order chi connectivity index (χ0) is 25.1. The van der Waals surface area contributed by atoms with Gasteiger partial charge in [0.05, 0.1) is 16.9 Å². The summed E-state index contributed by atoms with van der Waals surface area (Å²) >= 11 is 5.91. The fraction of sp³-hybridized carbons (Fsp3) is 0.179. The Kier molecular flexibility index (Phi) is 7.03. The van der Waals surface area contributed by atoms with Crippen LogP contribution in [-0.4, -0.2) is 21.7 Å². The Labute approximate surface area is 209 Å². The fourth-order valence-corrected chi connectivity index (χ4v) is 3.84. The number of hydrogen-bond acceptors (Lipinski definition) is 4. The minimum absolute atomic E-state index is 0.0790. The number of anilines is 1. The molecule has 6 nitrogen and oxygen atoms in total. The average molecular weight is 488 g/mol. The van der Waals surface area contributed by atoms with Crippen LogP contribution in [0.25, 0.3) is 16.8 Å². The Bertz CT molecular complexity index is 1360. The van der Waals surface area contributed by atoms with Gasteiger partial charge in [-0.05, 0) is 66.9 Å². The summed E-state index contributed by atoms with van der Waals surface area (Å²) in [6.07, 6.45) is 0. The molecule has 0 atom stereocenters. The highest BCUT2D eigenvalue weighted by Crippen LogP contribution is 2.39. The van der Waals surface area contributed by atoms with Crippen LogP contribution in [0, 0.1) is 6.92 Å². The number of esters is 1. The van der Waals surface area contributed by atoms with Crippen molar-refractivity contribution in [2.24, 2.45) is 0 Å². The minimum Gasteiger partial charge on any atom is -0.407 e. The summed E-state index contributed by atoms with van der Waals surface area (Å²) in [7, 11) is 0. The molecule has 7 heteroatoms. The lowest BCUT2D eigenvalue weighted by Crippen LogP contribution is -2.11. The van der Waals surface area contributed by atoms with Crippen molar-refractivity contribution >= 4 is 29.2 Å². The van der Waals surface area contributed by atoms with Gasteiger partial charge in [-0.2, -0.15) is 9.78 Å². The number of nitrogens with one attached hydrogen (secondary N) is 1. The first kappa shape index (κ1) is 24.2. The summed E-state index contributed by atoms with van der Waals surface area (Å²) in [6.45, 7) is 7.48. The Balaban J connectivity index is 1.72. The largest absolute Gasteiger partial charge is 0.407 e. The Morgan fingerprint density at radius 1 is 0.943 bits per heavy atom. The summed E-state index contributed by atoms with van der Waals surface area (Å²) in [6, 6.07) is 21.9. The van der Waals surface area contributed by atoms with Crippen LogP contribution >= 0.6 is 11.6 Å². The number of aromatic nitrogens is 2. The molecule has 1 amide bonds. The molecule has 4 aromatic rings. The highest BCUT2D eigenvalue weighted by molar-refractivity contribution is 6.30. The highest BCUT2D eigenvalue weighted by atomic mass is 35.5. The van der Waals surface area contributed by atoms with E-state index in [2.05, 4.69) is 5.32 Å². The smallest absolute Gasteiger partial charge is 0.309 e. The van der Waals surface area contributed by atoms with Crippen LogP contribution in [0.2, 0.25) is 5.02 Å². The predicted molar refractivity (Wildman–Crippen MR) is 139 cm³/mol. The third-order valence-corrected chi connectivity index (χ3v) is 5.73. The van der Waals surface area contributed by atoms with E-state index in [-0.39, 0.29) is 11.8 Å². The van der Waals surface area contributed by atoms with Crippen LogP contribution in [0.1, 0.15) is 48.3 Å². The lowest BCUT2D eigenvalue weighted by molar-refractivity contribution is -0.132. The van der Waals surface area contributed by atoms with Crippen LogP contribution in [0.4, 0.5) is 5.69 Å². The van der Waals surface area contributed by atoms with Crippen molar-refractivity contribution in [1.29, 1.82) is 0 Å². The Morgan fingerprint density at radius 3 is 2.14 bits per heavy atom. The van der Waals surface area contributed by atoms with Crippen molar-refractivity contribution in [3.63, 3.8) is 0 Å². The van der Waals surface area contributed by atoms with Gasteiger partial charge in [0.25, 0.3) is 5.91 Å². The standard InChI is InChI=1S/C28H26ClN3O3/c1-17(2)26-25(28(35-19(4)33)32(31-26)24-15-5-18(3)6-16-24)20-9-13-23(14-10-20)30-27(34)21-7-11-22(29)12-8-21/h5-17H,1-4H3,(H,30,34). The highest BCUT2D eigenvalue weighted by Gasteiger charge is 2.25. The number of benzene rings is 3. The number of halogens is 1. The molecule has 1 N–H and O–H groups in total. The van der Waals surface area contributed by atoms with Gasteiger partial charge in [0.1, 0.15) is 0 Å². The molecular weight excluding hydrogens is 462 g/mol. The van der Waals surface area contributed by atoms with E-state index in [9.17, 15) is 9.59 Å². The van der Waals surface area contributed by atoms with Crippen molar-refractivity contribution in [3.05, 3.63) is 94.6 Å². The molecule has 3 aromatic carbocycles. The van der Waals surface area contributed by atoms with E-state index in [1.165, 1.54) is 6.92 Å². The van der Waals surface area contributed by atoms with Gasteiger partial charge in [0.15, 0.2) is 0 Å². The van der Waals surface area contributed by atoms with E-state index < -0.39 is 5.97 Å². The number of ether oxygens (including phenoxy) is 1. The predicted octanol–water partition coefficient (Wildman–Crippen LogP) is 6.80. The third-order valence-electron chi connectivity index (χ3n) is 5.47. The number of aryl methyl sites for hydroxylation is 1. The summed E-state index contributed by atoms with van der Waals surface area (Å²) < 4.78 is 7.36. The topological polar surface area (TPSA) is 73.2 Å². The molecule has 0 aliphatic carbocycles. The van der Waals surface area contributed by atoms with Crippen LogP contribution in [0.15, 0.2) is 72.8 Å². The maximum Gasteiger partial charge on any atom is 0.309 e. The molecule has 0 aliphatic rings. The lowest BCUT2D eigenvalue weighted by Gasteiger charge is -2.11. The third kappa shape index (κ3) is 5.44. The number of carbonyl (C=O) groups is 2. The maximum atomic E-state index is 12.6. The van der Waals surface area contributed by atoms with Crippen molar-refractivity contribution < 1.29 is 14.3 Å². The molecule has 178 valence electrons. The van der Waals surface area contributed by atoms with Gasteiger partial charge >= 0.3 is 5.97 Å². The first-order chi connectivity index (χ1) is 16.7. The quantitative estimate of drug-likeness (QED) is 0.303. The summed E-state index contributed by atoms with van der Waals surface area (Å²) in [5.41, 5.74) is 5.44. The molecule has 0 bridgehead atoms. The van der Waals surface area contributed by atoms with Crippen LogP contribution in [-0.2, 0) is 4.79 Å². The van der Waals surface area contributed by atoms with E-state index in [0.29, 0.717) is 22.2 Å². The van der Waals surface area contributed by atoms with Crippen molar-refractivity contribution in [1.82, 2.24) is 9.78 Å². The molecule has 35 heavy (non-hydrogen) atoms. The summed E-state index contributed by atoms with van der Waals surface area (Å²) in [4.78, 5) is 24.6. The van der Waals surface area contributed by atoms with E-state index in [4.69, 9.17) is 21.4 Å². The average Bonchev–Trinajstić information content (AvgIpc) is 3.19. The molecule has 0 saturated carbocycles. The van der Waals surface area contributed by atoms with Crippen LogP contribution < -0.4 is 10.1 Å². The molecule has 0 spiro atoms. The fourth-order valence-electron chi connectivity index (χ4n) is 3.71. The molecule has 0 aliphatic heterocycles. The molecule has 1 aromatic heterocycles. The molecular formula is C28H26ClN3O3. The second kappa shape index (κ2) is 10.2. The Hall–Kier alpha value is -3.90. The van der Waals surface area contributed by atoms with Gasteiger partial charge in [-0.25, -0.2) is 0 Å². The van der Waals surface area contributed by atoms with Crippen LogP contribution in [0.3, 0.4) is 0 Å². The molecule has 4 rings (SSSR count). The SMILES string of the molecule is CC(=O)Oc1c(-c2ccc(NC(=O)c3ccc(Cl)cc3)cc2)c(C(C)C)nn1-c1ccc(C)cc1. The van der Waals surface area contributed by atoms with Gasteiger partial charge in [0.2, 0.25) is 5.88 Å². The second-order valence-corrected chi connectivity index (χ2v) is 9.04. The first-order valence-corrected chi connectivity index (χ1v) is 11.7. The monoisotopic (exact) mass is 487 g/mol. The first-order valence-electron chi connectivity index (χ1n) is 11.3. The number of amides is 1. The van der Waals surface area contributed by atoms with Gasteiger partial charge in [-0.1, -0.05) is 55.3 Å². The van der Waals surface area contributed by atoms with Gasteiger partial charge in [-0.3, -0.25) is 9.59 Å². The van der Waals surface area contributed by atoms with E-state index >= 15 is 0 Å². The normalized spacial score (nSPS) is 10.9. The van der Waals surface area contributed by atoms with E-state index in [1.54, 1.807) is 28.9 Å². The molecule has 0 unspecified atom stereocenters. The molecule has 0 radical (unpaired) electrons. The Morgan fingerprint density at radius 2 is 1.57 bits per heavy atom. The van der Waals surface area contributed by atoms with E-state index in [1.807, 2.05) is 69.3 Å². The van der Waals surface area contributed by atoms with Crippen molar-refractivity contribution in [3.8, 4) is 22.7 Å². The van der Waals surface area contributed by atoms with E-state index in [0.717, 1.165) is 28.1 Å². The van der Waals surface area contributed by atoms with Gasteiger partial charge in [-0.15, -0.1) is 0 Å².